The van der Waals surface area contributed by atoms with Crippen LogP contribution in [0, 0.1) is 11.6 Å². The highest BCUT2D eigenvalue weighted by molar-refractivity contribution is 8.13. The molecular weight excluding hydrogens is 408 g/mol. The van der Waals surface area contributed by atoms with E-state index in [0.29, 0.717) is 30.0 Å². The molecule has 1 aromatic rings. The zero-order valence-electron chi connectivity index (χ0n) is 15.2. The molecule has 0 saturated carbocycles. The number of carboxylic acid groups (broad SMARTS) is 1. The summed E-state index contributed by atoms with van der Waals surface area (Å²) in [5.74, 6) is -0.636. The first kappa shape index (κ1) is 22.7. The Morgan fingerprint density at radius 1 is 1.36 bits per heavy atom. The van der Waals surface area contributed by atoms with E-state index in [4.69, 9.17) is 5.11 Å². The lowest BCUT2D eigenvalue weighted by Gasteiger charge is -2.21. The molecule has 1 amide bonds. The molecule has 0 bridgehead atoms. The van der Waals surface area contributed by atoms with Gasteiger partial charge in [-0.25, -0.2) is 8.78 Å². The van der Waals surface area contributed by atoms with Gasteiger partial charge in [0.2, 0.25) is 0 Å². The van der Waals surface area contributed by atoms with E-state index in [9.17, 15) is 23.5 Å². The minimum Gasteiger partial charge on any atom is -0.481 e. The van der Waals surface area contributed by atoms with Crippen molar-refractivity contribution in [2.75, 3.05) is 23.8 Å². The number of benzene rings is 1. The van der Waals surface area contributed by atoms with Crippen LogP contribution >= 0.6 is 23.5 Å². The molecule has 0 aliphatic carbocycles. The quantitative estimate of drug-likeness (QED) is 0.412. The molecule has 154 valence electrons. The summed E-state index contributed by atoms with van der Waals surface area (Å²) in [7, 11) is 0. The van der Waals surface area contributed by atoms with E-state index in [2.05, 4.69) is 0 Å². The molecule has 1 saturated heterocycles. The van der Waals surface area contributed by atoms with E-state index < -0.39 is 23.7 Å². The Labute approximate surface area is 171 Å². The van der Waals surface area contributed by atoms with Crippen molar-refractivity contribution >= 4 is 34.7 Å². The molecular formula is C19H23F2NO4S2. The summed E-state index contributed by atoms with van der Waals surface area (Å²) in [5, 5.41) is 18.7. The molecule has 0 unspecified atom stereocenters. The van der Waals surface area contributed by atoms with Crippen LogP contribution in [0.5, 0.6) is 0 Å². The standard InChI is InChI=1S/C19H23F2NO4S2/c20-16-6-3-13(11-17(16)21)10-15(23)5-4-14-12-28-19(26)22(14)7-9-27-8-1-2-18(24)25/h3-6,11,14-15,23H,1-2,7-10,12H2,(H,24,25)/t14-,15+/m0/s1. The van der Waals surface area contributed by atoms with Gasteiger partial charge in [0.05, 0.1) is 12.1 Å². The number of halogens is 2. The van der Waals surface area contributed by atoms with E-state index in [1.165, 1.54) is 17.8 Å². The lowest BCUT2D eigenvalue weighted by atomic mass is 10.1. The molecule has 0 radical (unpaired) electrons. The first-order valence-electron chi connectivity index (χ1n) is 8.90. The van der Waals surface area contributed by atoms with E-state index in [0.717, 1.165) is 17.9 Å². The second-order valence-corrected chi connectivity index (χ2v) is 8.55. The number of aliphatic hydroxyl groups is 1. The molecule has 2 N–H and O–H groups in total. The Balaban J connectivity index is 1.79. The number of nitrogens with zero attached hydrogens (tertiary/aromatic N) is 1. The first-order valence-corrected chi connectivity index (χ1v) is 11.0. The summed E-state index contributed by atoms with van der Waals surface area (Å²) < 4.78 is 26.2. The Kier molecular flexibility index (Phi) is 9.27. The van der Waals surface area contributed by atoms with Crippen LogP contribution in [0.25, 0.3) is 0 Å². The van der Waals surface area contributed by atoms with Crippen LogP contribution in [-0.4, -0.2) is 62.3 Å². The van der Waals surface area contributed by atoms with Crippen molar-refractivity contribution in [1.82, 2.24) is 4.90 Å². The maximum atomic E-state index is 13.2. The summed E-state index contributed by atoms with van der Waals surface area (Å²) in [5.41, 5.74) is 0.488. The highest BCUT2D eigenvalue weighted by Crippen LogP contribution is 2.25. The maximum absolute atomic E-state index is 13.2. The third-order valence-corrected chi connectivity index (χ3v) is 6.19. The molecule has 1 fully saturated rings. The van der Waals surface area contributed by atoms with Gasteiger partial charge in [-0.1, -0.05) is 30.0 Å². The van der Waals surface area contributed by atoms with Crippen LogP contribution in [0.1, 0.15) is 18.4 Å². The fourth-order valence-corrected chi connectivity index (χ4v) is 4.58. The molecule has 0 aromatic heterocycles. The summed E-state index contributed by atoms with van der Waals surface area (Å²) >= 11 is 2.83. The van der Waals surface area contributed by atoms with E-state index in [1.54, 1.807) is 28.8 Å². The molecule has 2 rings (SSSR count). The van der Waals surface area contributed by atoms with Gasteiger partial charge >= 0.3 is 5.97 Å². The number of carbonyl (C=O) groups excluding carboxylic acids is 1. The van der Waals surface area contributed by atoms with Crippen LogP contribution in [0.2, 0.25) is 0 Å². The monoisotopic (exact) mass is 431 g/mol. The van der Waals surface area contributed by atoms with Gasteiger partial charge in [-0.3, -0.25) is 9.59 Å². The van der Waals surface area contributed by atoms with Gasteiger partial charge in [0.15, 0.2) is 11.6 Å². The Bertz CT molecular complexity index is 717. The average molecular weight is 432 g/mol. The predicted octanol–water partition coefficient (Wildman–Crippen LogP) is 3.56. The molecule has 1 aliphatic heterocycles. The van der Waals surface area contributed by atoms with Crippen LogP contribution in [-0.2, 0) is 11.2 Å². The minimum absolute atomic E-state index is 0.0177. The van der Waals surface area contributed by atoms with Crippen molar-refractivity contribution in [2.24, 2.45) is 0 Å². The molecule has 1 heterocycles. The smallest absolute Gasteiger partial charge is 0.303 e. The summed E-state index contributed by atoms with van der Waals surface area (Å²) in [4.78, 5) is 24.2. The van der Waals surface area contributed by atoms with Crippen molar-refractivity contribution in [3.8, 4) is 0 Å². The van der Waals surface area contributed by atoms with Crippen molar-refractivity contribution in [2.45, 2.75) is 31.4 Å². The second kappa shape index (κ2) is 11.4. The Hall–Kier alpha value is -1.58. The van der Waals surface area contributed by atoms with Gasteiger partial charge in [-0.2, -0.15) is 11.8 Å². The molecule has 2 atom stereocenters. The van der Waals surface area contributed by atoms with E-state index >= 15 is 0 Å². The maximum Gasteiger partial charge on any atom is 0.303 e. The minimum atomic E-state index is -0.946. The van der Waals surface area contributed by atoms with E-state index in [1.807, 2.05) is 0 Å². The summed E-state index contributed by atoms with van der Waals surface area (Å²) in [6, 6.07) is 3.40. The number of amides is 1. The molecule has 9 heteroatoms. The number of hydrogen-bond donors (Lipinski definition) is 2. The zero-order valence-corrected chi connectivity index (χ0v) is 16.9. The number of aliphatic hydroxyl groups excluding tert-OH is 1. The molecule has 5 nitrogen and oxygen atoms in total. The Morgan fingerprint density at radius 3 is 2.86 bits per heavy atom. The number of aliphatic carboxylic acids is 1. The van der Waals surface area contributed by atoms with Crippen LogP contribution < -0.4 is 0 Å². The summed E-state index contributed by atoms with van der Waals surface area (Å²) in [6.07, 6.45) is 3.39. The second-order valence-electron chi connectivity index (χ2n) is 6.35. The third kappa shape index (κ3) is 7.44. The molecule has 28 heavy (non-hydrogen) atoms. The number of carboxylic acids is 1. The third-order valence-electron chi connectivity index (χ3n) is 4.15. The van der Waals surface area contributed by atoms with Crippen molar-refractivity contribution in [1.29, 1.82) is 0 Å². The van der Waals surface area contributed by atoms with Crippen molar-refractivity contribution in [3.63, 3.8) is 0 Å². The van der Waals surface area contributed by atoms with Gasteiger partial charge in [0.25, 0.3) is 5.24 Å². The first-order chi connectivity index (χ1) is 13.4. The molecule has 1 aliphatic rings. The number of carbonyl (C=O) groups is 2. The van der Waals surface area contributed by atoms with Crippen LogP contribution in [0.3, 0.4) is 0 Å². The van der Waals surface area contributed by atoms with Gasteiger partial charge in [0, 0.05) is 30.9 Å². The van der Waals surface area contributed by atoms with Gasteiger partial charge in [0.1, 0.15) is 0 Å². The molecule has 1 aromatic carbocycles. The average Bonchev–Trinajstić information content (AvgIpc) is 2.99. The number of hydrogen-bond acceptors (Lipinski definition) is 5. The van der Waals surface area contributed by atoms with Gasteiger partial charge in [-0.15, -0.1) is 0 Å². The number of rotatable bonds is 11. The van der Waals surface area contributed by atoms with E-state index in [-0.39, 0.29) is 24.1 Å². The van der Waals surface area contributed by atoms with Crippen molar-refractivity contribution in [3.05, 3.63) is 47.5 Å². The van der Waals surface area contributed by atoms with Crippen LogP contribution in [0.15, 0.2) is 30.4 Å². The Morgan fingerprint density at radius 2 is 2.14 bits per heavy atom. The molecule has 0 spiro atoms. The highest BCUT2D eigenvalue weighted by atomic mass is 32.2. The lowest BCUT2D eigenvalue weighted by Crippen LogP contribution is -2.34. The SMILES string of the molecule is O=C(O)CCCSCCN1C(=O)SC[C@@H]1C=C[C@@H](O)Cc1ccc(F)c(F)c1. The predicted molar refractivity (Wildman–Crippen MR) is 108 cm³/mol. The van der Waals surface area contributed by atoms with Crippen molar-refractivity contribution < 1.29 is 28.6 Å². The largest absolute Gasteiger partial charge is 0.481 e. The highest BCUT2D eigenvalue weighted by Gasteiger charge is 2.29. The van der Waals surface area contributed by atoms with Gasteiger partial charge < -0.3 is 15.1 Å². The zero-order chi connectivity index (χ0) is 20.5. The normalized spacial score (nSPS) is 18.2. The fourth-order valence-electron chi connectivity index (χ4n) is 2.70. The van der Waals surface area contributed by atoms with Crippen LogP contribution in [0.4, 0.5) is 13.6 Å². The topological polar surface area (TPSA) is 77.8 Å². The number of thioether (sulfide) groups is 2. The fraction of sp³-hybridized carbons (Fsp3) is 0.474. The summed E-state index contributed by atoms with van der Waals surface area (Å²) in [6.45, 7) is 0.553. The van der Waals surface area contributed by atoms with Gasteiger partial charge in [-0.05, 0) is 29.9 Å². The lowest BCUT2D eigenvalue weighted by molar-refractivity contribution is -0.137.